The van der Waals surface area contributed by atoms with Gasteiger partial charge in [0.25, 0.3) is 5.91 Å². The van der Waals surface area contributed by atoms with Crippen LogP contribution in [0, 0.1) is 0 Å². The number of rotatable bonds is 3. The molecule has 0 aliphatic heterocycles. The van der Waals surface area contributed by atoms with E-state index < -0.39 is 6.10 Å². The second kappa shape index (κ2) is 9.03. The van der Waals surface area contributed by atoms with E-state index in [2.05, 4.69) is 5.16 Å². The number of nitrogens with zero attached hydrogens (tertiary/aromatic N) is 2. The van der Waals surface area contributed by atoms with E-state index in [9.17, 15) is 4.79 Å². The molecule has 0 N–H and O–H groups in total. The van der Waals surface area contributed by atoms with Gasteiger partial charge in [0, 0.05) is 20.3 Å². The summed E-state index contributed by atoms with van der Waals surface area (Å²) in [7, 11) is 3.36. The van der Waals surface area contributed by atoms with Gasteiger partial charge in [-0.3, -0.25) is 4.79 Å². The van der Waals surface area contributed by atoms with Crippen molar-refractivity contribution in [2.24, 2.45) is 5.16 Å². The van der Waals surface area contributed by atoms with Gasteiger partial charge in [-0.05, 0) is 13.8 Å². The number of hydrogen-bond acceptors (Lipinski definition) is 3. The molecule has 1 atom stereocenters. The van der Waals surface area contributed by atoms with Crippen molar-refractivity contribution in [3.05, 3.63) is 0 Å². The van der Waals surface area contributed by atoms with Crippen LogP contribution >= 0.6 is 0 Å². The van der Waals surface area contributed by atoms with Crippen LogP contribution in [0.5, 0.6) is 0 Å². The van der Waals surface area contributed by atoms with Gasteiger partial charge in [-0.1, -0.05) is 19.0 Å². The molecule has 0 rings (SSSR count). The molecule has 0 aromatic heterocycles. The van der Waals surface area contributed by atoms with Crippen LogP contribution < -0.4 is 0 Å². The van der Waals surface area contributed by atoms with Crippen LogP contribution in [0.15, 0.2) is 5.16 Å². The molecule has 0 heterocycles. The molecule has 0 saturated carbocycles. The van der Waals surface area contributed by atoms with Crippen molar-refractivity contribution in [2.45, 2.75) is 33.8 Å². The van der Waals surface area contributed by atoms with Crippen molar-refractivity contribution in [3.8, 4) is 0 Å². The second-order valence-electron chi connectivity index (χ2n) is 2.34. The van der Waals surface area contributed by atoms with E-state index in [1.165, 1.54) is 11.1 Å². The lowest BCUT2D eigenvalue weighted by atomic mass is 10.4. The van der Waals surface area contributed by atoms with E-state index in [1.807, 2.05) is 13.8 Å². The van der Waals surface area contributed by atoms with Crippen LogP contribution in [0.25, 0.3) is 0 Å². The molecule has 1 unspecified atom stereocenters. The molecule has 4 heteroatoms. The SMILES string of the molecule is C/C=N\OC(C)C(=O)N(C)C.CC. The van der Waals surface area contributed by atoms with E-state index in [0.717, 1.165) is 0 Å². The summed E-state index contributed by atoms with van der Waals surface area (Å²) >= 11 is 0. The Balaban J connectivity index is 0. The van der Waals surface area contributed by atoms with E-state index in [4.69, 9.17) is 4.84 Å². The predicted octanol–water partition coefficient (Wildman–Crippen LogP) is 1.51. The molecule has 0 aromatic rings. The zero-order chi connectivity index (χ0) is 10.9. The van der Waals surface area contributed by atoms with Gasteiger partial charge in [0.15, 0.2) is 0 Å². The smallest absolute Gasteiger partial charge is 0.265 e. The summed E-state index contributed by atoms with van der Waals surface area (Å²) in [6, 6.07) is 0. The van der Waals surface area contributed by atoms with Crippen LogP contribution in [-0.2, 0) is 9.63 Å². The van der Waals surface area contributed by atoms with E-state index in [-0.39, 0.29) is 5.91 Å². The lowest BCUT2D eigenvalue weighted by Gasteiger charge is -2.14. The summed E-state index contributed by atoms with van der Waals surface area (Å²) < 4.78 is 0. The molecule has 0 saturated heterocycles. The average Bonchev–Trinajstić information content (AvgIpc) is 2.16. The van der Waals surface area contributed by atoms with Gasteiger partial charge in [-0.2, -0.15) is 0 Å². The largest absolute Gasteiger partial charge is 0.383 e. The average molecular weight is 188 g/mol. The van der Waals surface area contributed by atoms with Crippen molar-refractivity contribution >= 4 is 12.1 Å². The lowest BCUT2D eigenvalue weighted by Crippen LogP contribution is -2.32. The highest BCUT2D eigenvalue weighted by Gasteiger charge is 2.15. The molecule has 0 radical (unpaired) electrons. The molecule has 0 spiro atoms. The maximum Gasteiger partial charge on any atom is 0.265 e. The number of carbonyl (C=O) groups excluding carboxylic acids is 1. The van der Waals surface area contributed by atoms with Crippen LogP contribution in [-0.4, -0.2) is 37.2 Å². The Morgan fingerprint density at radius 1 is 1.46 bits per heavy atom. The number of likely N-dealkylation sites (N-methyl/N-ethyl adjacent to an activating group) is 1. The summed E-state index contributed by atoms with van der Waals surface area (Å²) in [4.78, 5) is 17.3. The Labute approximate surface area is 80.5 Å². The molecule has 4 nitrogen and oxygen atoms in total. The van der Waals surface area contributed by atoms with Gasteiger partial charge in [0.1, 0.15) is 0 Å². The fraction of sp³-hybridized carbons (Fsp3) is 0.778. The maximum absolute atomic E-state index is 11.1. The van der Waals surface area contributed by atoms with E-state index in [1.54, 1.807) is 27.9 Å². The molecule has 78 valence electrons. The number of oxime groups is 1. The zero-order valence-electron chi connectivity index (χ0n) is 9.37. The summed E-state index contributed by atoms with van der Waals surface area (Å²) in [5, 5.41) is 3.50. The Bertz CT molecular complexity index is 156. The Morgan fingerprint density at radius 3 is 2.23 bits per heavy atom. The van der Waals surface area contributed by atoms with Crippen LogP contribution in [0.3, 0.4) is 0 Å². The highest BCUT2D eigenvalue weighted by atomic mass is 16.6. The molecule has 0 aromatic carbocycles. The van der Waals surface area contributed by atoms with Crippen LogP contribution in [0.2, 0.25) is 0 Å². The summed E-state index contributed by atoms with van der Waals surface area (Å²) in [5.41, 5.74) is 0. The highest BCUT2D eigenvalue weighted by molar-refractivity contribution is 5.79. The van der Waals surface area contributed by atoms with Crippen LogP contribution in [0.1, 0.15) is 27.7 Å². The van der Waals surface area contributed by atoms with Crippen LogP contribution in [0.4, 0.5) is 0 Å². The van der Waals surface area contributed by atoms with E-state index in [0.29, 0.717) is 0 Å². The van der Waals surface area contributed by atoms with Gasteiger partial charge in [-0.15, -0.1) is 0 Å². The first-order chi connectivity index (χ1) is 6.09. The minimum atomic E-state index is -0.499. The van der Waals surface area contributed by atoms with Crippen molar-refractivity contribution in [3.63, 3.8) is 0 Å². The fourth-order valence-corrected chi connectivity index (χ4v) is 0.561. The minimum Gasteiger partial charge on any atom is -0.383 e. The number of amides is 1. The second-order valence-corrected chi connectivity index (χ2v) is 2.34. The minimum absolute atomic E-state index is 0.0874. The third-order valence-corrected chi connectivity index (χ3v) is 1.11. The predicted molar refractivity (Wildman–Crippen MR) is 54.8 cm³/mol. The molecule has 0 aliphatic carbocycles. The van der Waals surface area contributed by atoms with Gasteiger partial charge in [-0.25, -0.2) is 0 Å². The molecule has 0 bridgehead atoms. The summed E-state index contributed by atoms with van der Waals surface area (Å²) in [6.45, 7) is 7.39. The molecular weight excluding hydrogens is 168 g/mol. The molecule has 13 heavy (non-hydrogen) atoms. The van der Waals surface area contributed by atoms with Crippen molar-refractivity contribution in [2.75, 3.05) is 14.1 Å². The first-order valence-corrected chi connectivity index (χ1v) is 4.44. The highest BCUT2D eigenvalue weighted by Crippen LogP contribution is 1.94. The first-order valence-electron chi connectivity index (χ1n) is 4.44. The molecule has 1 amide bonds. The standard InChI is InChI=1S/C7H14N2O2.C2H6/c1-5-8-11-6(2)7(10)9(3)4;1-2/h5-6H,1-4H3;1-2H3/b8-5-;. The maximum atomic E-state index is 11.1. The monoisotopic (exact) mass is 188 g/mol. The Hall–Kier alpha value is -1.06. The quantitative estimate of drug-likeness (QED) is 0.497. The van der Waals surface area contributed by atoms with Crippen molar-refractivity contribution < 1.29 is 9.63 Å². The fourth-order valence-electron chi connectivity index (χ4n) is 0.561. The van der Waals surface area contributed by atoms with Gasteiger partial charge < -0.3 is 9.74 Å². The van der Waals surface area contributed by atoms with Crippen molar-refractivity contribution in [1.82, 2.24) is 4.90 Å². The first kappa shape index (κ1) is 14.5. The normalized spacial score (nSPS) is 11.5. The molecular formula is C9H20N2O2. The zero-order valence-corrected chi connectivity index (χ0v) is 9.37. The van der Waals surface area contributed by atoms with Gasteiger partial charge in [0.2, 0.25) is 6.10 Å². The molecule has 0 aliphatic rings. The van der Waals surface area contributed by atoms with E-state index >= 15 is 0 Å². The summed E-state index contributed by atoms with van der Waals surface area (Å²) in [5.74, 6) is -0.0874. The third kappa shape index (κ3) is 7.31. The Kier molecular flexibility index (Phi) is 10.0. The van der Waals surface area contributed by atoms with Crippen molar-refractivity contribution in [1.29, 1.82) is 0 Å². The number of carbonyl (C=O) groups is 1. The Morgan fingerprint density at radius 2 is 1.92 bits per heavy atom. The van der Waals surface area contributed by atoms with Gasteiger partial charge in [0.05, 0.1) is 0 Å². The lowest BCUT2D eigenvalue weighted by molar-refractivity contribution is -0.139. The summed E-state index contributed by atoms with van der Waals surface area (Å²) in [6.07, 6.45) is 1.00. The number of hydrogen-bond donors (Lipinski definition) is 0. The van der Waals surface area contributed by atoms with Gasteiger partial charge >= 0.3 is 0 Å². The molecule has 0 fully saturated rings. The third-order valence-electron chi connectivity index (χ3n) is 1.11. The topological polar surface area (TPSA) is 41.9 Å².